The van der Waals surface area contributed by atoms with Gasteiger partial charge in [0, 0.05) is 11.1 Å². The molecule has 1 atom stereocenters. The summed E-state index contributed by atoms with van der Waals surface area (Å²) in [6.07, 6.45) is -0.205. The first-order valence-electron chi connectivity index (χ1n) is 15.6. The molecule has 9 aromatic rings. The minimum absolute atomic E-state index is 0.205. The van der Waals surface area contributed by atoms with Gasteiger partial charge in [-0.05, 0) is 97.0 Å². The summed E-state index contributed by atoms with van der Waals surface area (Å²) < 4.78 is 12.3. The van der Waals surface area contributed by atoms with Gasteiger partial charge in [0.2, 0.25) is 5.89 Å². The Morgan fingerprint density at radius 3 is 1.91 bits per heavy atom. The van der Waals surface area contributed by atoms with Gasteiger partial charge in [-0.15, -0.1) is 0 Å². The number of para-hydroxylation sites is 4. The van der Waals surface area contributed by atoms with Crippen LogP contribution in [0.4, 0.5) is 5.69 Å². The zero-order chi connectivity index (χ0) is 30.2. The lowest BCUT2D eigenvalue weighted by Gasteiger charge is -2.19. The van der Waals surface area contributed by atoms with Gasteiger partial charge in [0.15, 0.2) is 11.8 Å². The van der Waals surface area contributed by atoms with Crippen molar-refractivity contribution in [2.75, 3.05) is 5.32 Å². The molecule has 1 aromatic heterocycles. The molecule has 1 aliphatic heterocycles. The van der Waals surface area contributed by atoms with E-state index < -0.39 is 0 Å². The van der Waals surface area contributed by atoms with Crippen molar-refractivity contribution in [2.24, 2.45) is 0 Å². The van der Waals surface area contributed by atoms with E-state index in [1.165, 1.54) is 49.0 Å². The summed E-state index contributed by atoms with van der Waals surface area (Å²) in [5, 5.41) is 11.1. The van der Waals surface area contributed by atoms with E-state index in [0.29, 0.717) is 5.89 Å². The van der Waals surface area contributed by atoms with Crippen molar-refractivity contribution in [1.82, 2.24) is 4.98 Å². The van der Waals surface area contributed by atoms with Gasteiger partial charge in [0.05, 0.1) is 5.69 Å². The maximum absolute atomic E-state index is 6.20. The van der Waals surface area contributed by atoms with Gasteiger partial charge in [0.25, 0.3) is 0 Å². The fraction of sp³-hybridized carbons (Fsp3) is 0.0238. The number of rotatable bonds is 4. The van der Waals surface area contributed by atoms with Crippen LogP contribution in [0, 0.1) is 0 Å². The van der Waals surface area contributed by atoms with E-state index in [0.717, 1.165) is 39.2 Å². The van der Waals surface area contributed by atoms with Crippen molar-refractivity contribution in [3.8, 4) is 39.5 Å². The number of aromatic nitrogens is 1. The summed E-state index contributed by atoms with van der Waals surface area (Å²) >= 11 is 0. The summed E-state index contributed by atoms with van der Waals surface area (Å²) in [5.74, 6) is 1.52. The van der Waals surface area contributed by atoms with Gasteiger partial charge in [0.1, 0.15) is 11.3 Å². The number of hydrogen-bond acceptors (Lipinski definition) is 4. The lowest BCUT2D eigenvalue weighted by atomic mass is 9.85. The first-order chi connectivity index (χ1) is 22.8. The van der Waals surface area contributed by atoms with Crippen LogP contribution < -0.4 is 10.1 Å². The molecule has 0 fully saturated rings. The maximum Gasteiger partial charge on any atom is 0.227 e. The number of nitrogens with zero attached hydrogens (tertiary/aromatic N) is 1. The van der Waals surface area contributed by atoms with E-state index in [1.54, 1.807) is 0 Å². The highest BCUT2D eigenvalue weighted by molar-refractivity contribution is 6.28. The first kappa shape index (κ1) is 25.2. The number of oxazole rings is 1. The van der Waals surface area contributed by atoms with E-state index in [4.69, 9.17) is 14.1 Å². The number of anilines is 1. The Morgan fingerprint density at radius 2 is 1.20 bits per heavy atom. The Morgan fingerprint density at radius 1 is 0.543 bits per heavy atom. The van der Waals surface area contributed by atoms with Crippen LogP contribution in [0.5, 0.6) is 5.75 Å². The quantitative estimate of drug-likeness (QED) is 0.207. The highest BCUT2D eigenvalue weighted by atomic mass is 16.5. The lowest BCUT2D eigenvalue weighted by molar-refractivity contribution is 0.260. The highest BCUT2D eigenvalue weighted by Gasteiger charge is 2.23. The zero-order valence-electron chi connectivity index (χ0n) is 24.7. The van der Waals surface area contributed by atoms with E-state index in [1.807, 2.05) is 42.5 Å². The molecule has 8 aromatic carbocycles. The molecule has 1 aliphatic rings. The van der Waals surface area contributed by atoms with E-state index in [2.05, 4.69) is 108 Å². The molecule has 216 valence electrons. The maximum atomic E-state index is 6.20. The van der Waals surface area contributed by atoms with Crippen LogP contribution in [0.2, 0.25) is 0 Å². The summed E-state index contributed by atoms with van der Waals surface area (Å²) in [7, 11) is 0. The number of benzene rings is 8. The molecule has 2 heterocycles. The molecule has 10 rings (SSSR count). The van der Waals surface area contributed by atoms with E-state index in [-0.39, 0.29) is 6.23 Å². The number of ether oxygens (including phenoxy) is 1. The first-order valence-corrected chi connectivity index (χ1v) is 15.6. The minimum atomic E-state index is -0.205. The van der Waals surface area contributed by atoms with E-state index >= 15 is 0 Å². The predicted molar refractivity (Wildman–Crippen MR) is 187 cm³/mol. The SMILES string of the molecule is c1ccc2c(c1)NC(c1ccc(-c3cc(-c4ccc(-c5nc6ccccc6o5)cc4)c4ccc5cccc6ccc3c4c56)cc1)O2. The second-order valence-corrected chi connectivity index (χ2v) is 12.0. The van der Waals surface area contributed by atoms with Crippen LogP contribution in [-0.4, -0.2) is 4.98 Å². The highest BCUT2D eigenvalue weighted by Crippen LogP contribution is 2.45. The molecule has 0 radical (unpaired) electrons. The van der Waals surface area contributed by atoms with Gasteiger partial charge in [-0.2, -0.15) is 0 Å². The van der Waals surface area contributed by atoms with Crippen molar-refractivity contribution in [2.45, 2.75) is 6.23 Å². The van der Waals surface area contributed by atoms with Crippen molar-refractivity contribution in [3.63, 3.8) is 0 Å². The summed E-state index contributed by atoms with van der Waals surface area (Å²) in [6.45, 7) is 0. The Hall–Kier alpha value is -6.13. The minimum Gasteiger partial charge on any atom is -0.464 e. The lowest BCUT2D eigenvalue weighted by Crippen LogP contribution is -2.09. The van der Waals surface area contributed by atoms with Crippen LogP contribution >= 0.6 is 0 Å². The summed E-state index contributed by atoms with van der Waals surface area (Å²) in [5.41, 5.74) is 9.46. The molecule has 46 heavy (non-hydrogen) atoms. The van der Waals surface area contributed by atoms with Crippen molar-refractivity contribution < 1.29 is 9.15 Å². The number of fused-ring (bicyclic) bond motifs is 2. The zero-order valence-corrected chi connectivity index (χ0v) is 24.7. The van der Waals surface area contributed by atoms with Gasteiger partial charge in [-0.3, -0.25) is 0 Å². The molecule has 4 nitrogen and oxygen atoms in total. The molecular weight excluding hydrogens is 564 g/mol. The van der Waals surface area contributed by atoms with Crippen LogP contribution in [0.15, 0.2) is 150 Å². The molecule has 4 heteroatoms. The Labute approximate surface area is 264 Å². The van der Waals surface area contributed by atoms with Gasteiger partial charge < -0.3 is 14.5 Å². The molecule has 1 unspecified atom stereocenters. The smallest absolute Gasteiger partial charge is 0.227 e. The fourth-order valence-electron chi connectivity index (χ4n) is 7.07. The molecule has 0 spiro atoms. The Kier molecular flexibility index (Phi) is 5.31. The van der Waals surface area contributed by atoms with Crippen LogP contribution in [0.25, 0.3) is 77.1 Å². The number of nitrogens with one attached hydrogen (secondary N) is 1. The molecule has 0 saturated carbocycles. The molecule has 0 aliphatic carbocycles. The summed E-state index contributed by atoms with van der Waals surface area (Å²) in [4.78, 5) is 4.71. The third kappa shape index (κ3) is 3.83. The van der Waals surface area contributed by atoms with Crippen molar-refractivity contribution in [1.29, 1.82) is 0 Å². The standard InChI is InChI=1S/C42H26N2O2/c1-3-10-37-35(8-1)43-41(45-37)29-16-12-25(13-17-29)33-24-34(32-23-21-28-7-5-6-27-20-22-31(33)40(32)39(27)28)26-14-18-30(19-15-26)42-44-36-9-2-4-11-38(36)46-42/h1-24,41,43H. The predicted octanol–water partition coefficient (Wildman–Crippen LogP) is 11.2. The van der Waals surface area contributed by atoms with Gasteiger partial charge >= 0.3 is 0 Å². The number of hydrogen-bond donors (Lipinski definition) is 1. The Balaban J connectivity index is 1.12. The molecular formula is C42H26N2O2. The molecule has 0 bridgehead atoms. The molecule has 1 N–H and O–H groups in total. The molecule has 0 amide bonds. The molecule has 0 saturated heterocycles. The van der Waals surface area contributed by atoms with Crippen molar-refractivity contribution >= 4 is 49.1 Å². The average molecular weight is 591 g/mol. The topological polar surface area (TPSA) is 47.3 Å². The second kappa shape index (κ2) is 9.68. The second-order valence-electron chi connectivity index (χ2n) is 12.0. The van der Waals surface area contributed by atoms with Crippen LogP contribution in [0.1, 0.15) is 11.8 Å². The van der Waals surface area contributed by atoms with Gasteiger partial charge in [-0.1, -0.05) is 103 Å². The Bertz CT molecular complexity index is 2510. The average Bonchev–Trinajstić information content (AvgIpc) is 3.76. The van der Waals surface area contributed by atoms with Crippen molar-refractivity contribution in [3.05, 3.63) is 151 Å². The third-order valence-corrected chi connectivity index (χ3v) is 9.33. The summed E-state index contributed by atoms with van der Waals surface area (Å²) in [6, 6.07) is 51.3. The fourth-order valence-corrected chi connectivity index (χ4v) is 7.07. The van der Waals surface area contributed by atoms with Crippen LogP contribution in [-0.2, 0) is 0 Å². The van der Waals surface area contributed by atoms with E-state index in [9.17, 15) is 0 Å². The van der Waals surface area contributed by atoms with Gasteiger partial charge in [-0.25, -0.2) is 4.98 Å². The van der Waals surface area contributed by atoms with Crippen LogP contribution in [0.3, 0.4) is 0 Å². The monoisotopic (exact) mass is 590 g/mol. The normalized spacial score (nSPS) is 14.2. The largest absolute Gasteiger partial charge is 0.464 e. The third-order valence-electron chi connectivity index (χ3n) is 9.33.